The first-order valence-corrected chi connectivity index (χ1v) is 31.5. The molecular weight excluding hydrogens is 1010 g/mol. The minimum absolute atomic E-state index is 0.0220. The van der Waals surface area contributed by atoms with Gasteiger partial charge in [0.25, 0.3) is 11.7 Å². The number of aliphatic hydroxyl groups excluding tert-OH is 1. The fourth-order valence-corrected chi connectivity index (χ4v) is 13.3. The molecule has 5 rings (SSSR count). The zero-order valence-electron chi connectivity index (χ0n) is 51.0. The molecule has 2 saturated heterocycles. The van der Waals surface area contributed by atoms with Crippen molar-refractivity contribution in [2.24, 2.45) is 35.5 Å². The number of rotatable bonds is 8. The summed E-state index contributed by atoms with van der Waals surface area (Å²) < 4.78 is 37.4. The summed E-state index contributed by atoms with van der Waals surface area (Å²) in [5.74, 6) is -7.69. The third kappa shape index (κ3) is 20.2. The summed E-state index contributed by atoms with van der Waals surface area (Å²) in [5.41, 5.74) is 1.30. The van der Waals surface area contributed by atoms with Crippen LogP contribution in [0.5, 0.6) is 0 Å². The van der Waals surface area contributed by atoms with Crippen LogP contribution in [-0.2, 0) is 52.4 Å². The molecule has 0 aromatic carbocycles. The van der Waals surface area contributed by atoms with Crippen molar-refractivity contribution in [3.8, 4) is 0 Å². The number of carbonyl (C=O) groups excluding carboxylic acids is 5. The Hall–Kier alpha value is -3.37. The molecule has 15 atom stereocenters. The van der Waals surface area contributed by atoms with Crippen LogP contribution < -0.4 is 0 Å². The van der Waals surface area contributed by atoms with Crippen molar-refractivity contribution in [2.45, 2.75) is 276 Å². The van der Waals surface area contributed by atoms with Crippen LogP contribution in [0, 0.1) is 35.5 Å². The first-order valence-electron chi connectivity index (χ1n) is 31.5. The Kier molecular flexibility index (Phi) is 29.0. The molecule has 0 spiro atoms. The topological polar surface area (TPSA) is 184 Å². The number of nitrogens with zero attached hydrogens (tertiary/aromatic N) is 1. The van der Waals surface area contributed by atoms with Crippen molar-refractivity contribution in [1.29, 1.82) is 0 Å². The van der Waals surface area contributed by atoms with E-state index in [-0.39, 0.29) is 67.0 Å². The van der Waals surface area contributed by atoms with Gasteiger partial charge in [-0.25, -0.2) is 4.79 Å². The number of aliphatic hydroxyl groups is 2. The lowest BCUT2D eigenvalue weighted by atomic mass is 9.78. The van der Waals surface area contributed by atoms with Crippen LogP contribution in [0.1, 0.15) is 215 Å². The van der Waals surface area contributed by atoms with Gasteiger partial charge in [0.15, 0.2) is 5.78 Å². The lowest BCUT2D eigenvalue weighted by Gasteiger charge is -2.42. The number of esters is 1. The van der Waals surface area contributed by atoms with E-state index < -0.39 is 77.8 Å². The summed E-state index contributed by atoms with van der Waals surface area (Å²) in [5, 5.41) is 23.7. The smallest absolute Gasteiger partial charge is 0.329 e. The van der Waals surface area contributed by atoms with Gasteiger partial charge >= 0.3 is 5.97 Å². The maximum absolute atomic E-state index is 14.7. The van der Waals surface area contributed by atoms with Crippen molar-refractivity contribution >= 4 is 29.2 Å². The Balaban J connectivity index is 1.40. The maximum atomic E-state index is 14.7. The van der Waals surface area contributed by atoms with Crippen LogP contribution in [-0.4, -0.2) is 133 Å². The number of ether oxygens (including phenoxy) is 6. The second kappa shape index (κ2) is 34.4. The van der Waals surface area contributed by atoms with E-state index in [9.17, 15) is 34.2 Å². The van der Waals surface area contributed by atoms with Crippen LogP contribution >= 0.6 is 0 Å². The van der Waals surface area contributed by atoms with Gasteiger partial charge in [0.05, 0.1) is 30.5 Å². The molecule has 2 bridgehead atoms. The Morgan fingerprint density at radius 2 is 1.34 bits per heavy atom. The molecule has 2 aliphatic carbocycles. The predicted octanol–water partition coefficient (Wildman–Crippen LogP) is 12.0. The number of cyclic esters (lactones) is 1. The molecule has 0 aromatic heterocycles. The number of piperidine rings is 1. The normalized spacial score (nSPS) is 37.8. The molecule has 0 unspecified atom stereocenters. The number of fused-ring (bicyclic) bond motifs is 3. The summed E-state index contributed by atoms with van der Waals surface area (Å²) in [6.45, 7) is 13.0. The van der Waals surface area contributed by atoms with Gasteiger partial charge in [0.1, 0.15) is 30.1 Å². The van der Waals surface area contributed by atoms with E-state index >= 15 is 0 Å². The number of Topliss-reactive ketones (excluding diaryl/α,β-unsaturated/α-hetero) is 3. The van der Waals surface area contributed by atoms with E-state index in [0.717, 1.165) is 37.7 Å². The summed E-state index contributed by atoms with van der Waals surface area (Å²) in [6.07, 6.45) is 30.8. The zero-order valence-corrected chi connectivity index (χ0v) is 51.0. The zero-order chi connectivity index (χ0) is 58.4. The Bertz CT molecular complexity index is 2050. The number of amides is 1. The third-order valence-electron chi connectivity index (χ3n) is 18.6. The molecule has 14 nitrogen and oxygen atoms in total. The SMILES string of the molecule is CO[C@H]1C[C@@H]2CC[C@@H](C)[C@@](O)(O2)C(=O)C(=O)N2CCCC[C@H]2C(=O)O[C@H]([C@H](C)C[C@@H]2CC[C@@H](OC3CCCCCCCCCCCCCC3)[C@H](OC)C2)CC(=O)[C@H](C)/C=C(\C)[C@@H](O)[C@@H](OC)C(=O)[C@H](C)C[C@H](C)/C=C/C=C/C=C/1C. The van der Waals surface area contributed by atoms with Crippen molar-refractivity contribution in [3.63, 3.8) is 0 Å². The number of hydrogen-bond donors (Lipinski definition) is 2. The summed E-state index contributed by atoms with van der Waals surface area (Å²) in [7, 11) is 4.76. The minimum Gasteiger partial charge on any atom is -0.460 e. The molecule has 0 radical (unpaired) electrons. The van der Waals surface area contributed by atoms with E-state index in [1.807, 2.05) is 58.1 Å². The second-order valence-corrected chi connectivity index (χ2v) is 25.1. The molecule has 2 N–H and O–H groups in total. The largest absolute Gasteiger partial charge is 0.460 e. The van der Waals surface area contributed by atoms with Gasteiger partial charge in [-0.15, -0.1) is 0 Å². The number of methoxy groups -OCH3 is 3. The highest BCUT2D eigenvalue weighted by Crippen LogP contribution is 2.39. The molecular formula is C66H107NO13. The molecule has 3 heterocycles. The number of hydrogen-bond acceptors (Lipinski definition) is 13. The average molecular weight is 1120 g/mol. The van der Waals surface area contributed by atoms with Gasteiger partial charge < -0.3 is 43.5 Å². The van der Waals surface area contributed by atoms with Crippen molar-refractivity contribution in [2.75, 3.05) is 27.9 Å². The highest BCUT2D eigenvalue weighted by molar-refractivity contribution is 6.39. The summed E-state index contributed by atoms with van der Waals surface area (Å²) in [6, 6.07) is -1.13. The molecule has 3 aliphatic heterocycles. The molecule has 0 aromatic rings. The van der Waals surface area contributed by atoms with Crippen LogP contribution in [0.3, 0.4) is 0 Å². The number of carbonyl (C=O) groups is 5. The third-order valence-corrected chi connectivity index (χ3v) is 18.6. The Morgan fingerprint density at radius 3 is 1.96 bits per heavy atom. The van der Waals surface area contributed by atoms with E-state index in [4.69, 9.17) is 28.4 Å². The average Bonchev–Trinajstić information content (AvgIpc) is 3.56. The van der Waals surface area contributed by atoms with E-state index in [1.54, 1.807) is 41.1 Å². The molecule has 80 heavy (non-hydrogen) atoms. The summed E-state index contributed by atoms with van der Waals surface area (Å²) in [4.78, 5) is 73.2. The van der Waals surface area contributed by atoms with Gasteiger partial charge in [-0.05, 0) is 120 Å². The predicted molar refractivity (Wildman–Crippen MR) is 312 cm³/mol. The van der Waals surface area contributed by atoms with Gasteiger partial charge in [-0.2, -0.15) is 0 Å². The van der Waals surface area contributed by atoms with Crippen molar-refractivity contribution in [1.82, 2.24) is 4.90 Å². The maximum Gasteiger partial charge on any atom is 0.329 e. The van der Waals surface area contributed by atoms with Crippen LogP contribution in [0.15, 0.2) is 47.6 Å². The fourth-order valence-electron chi connectivity index (χ4n) is 13.3. The Morgan fingerprint density at radius 1 is 0.700 bits per heavy atom. The van der Waals surface area contributed by atoms with Crippen molar-refractivity contribution < 1.29 is 62.6 Å². The lowest BCUT2D eigenvalue weighted by molar-refractivity contribution is -0.265. The van der Waals surface area contributed by atoms with Gasteiger partial charge in [0, 0.05) is 58.5 Å². The highest BCUT2D eigenvalue weighted by atomic mass is 16.6. The Labute approximate surface area is 482 Å². The molecule has 14 heteroatoms. The molecule has 454 valence electrons. The monoisotopic (exact) mass is 1120 g/mol. The fraction of sp³-hybridized carbons (Fsp3) is 0.803. The highest BCUT2D eigenvalue weighted by Gasteiger charge is 2.53. The first kappa shape index (κ1) is 67.4. The van der Waals surface area contributed by atoms with Gasteiger partial charge in [0.2, 0.25) is 5.79 Å². The molecule has 2 saturated carbocycles. The van der Waals surface area contributed by atoms with E-state index in [2.05, 4.69) is 0 Å². The van der Waals surface area contributed by atoms with Crippen molar-refractivity contribution in [3.05, 3.63) is 47.6 Å². The minimum atomic E-state index is -2.43. The number of allylic oxidation sites excluding steroid dienone is 6. The quantitative estimate of drug-likeness (QED) is 0.133. The molecule has 4 fully saturated rings. The van der Waals surface area contributed by atoms with E-state index in [1.165, 1.54) is 89.1 Å². The van der Waals surface area contributed by atoms with E-state index in [0.29, 0.717) is 50.5 Å². The van der Waals surface area contributed by atoms with Crippen LogP contribution in [0.2, 0.25) is 0 Å². The van der Waals surface area contributed by atoms with Crippen LogP contribution in [0.4, 0.5) is 0 Å². The first-order chi connectivity index (χ1) is 38.3. The summed E-state index contributed by atoms with van der Waals surface area (Å²) >= 11 is 0. The van der Waals surface area contributed by atoms with Gasteiger partial charge in [-0.3, -0.25) is 19.2 Å². The second-order valence-electron chi connectivity index (χ2n) is 25.1. The standard InChI is InChI=1S/C66H107NO13/c1-44-28-22-21-23-29-45(2)57(75-8)42-53-35-33-50(7)66(74,80-53)63(71)64(72)67-37-27-26-32-54(67)65(73)79-58(43-55(68)46(3)39-49(6)61(70)62(77-10)60(69)48(5)38-44)47(4)40-51-34-36-56(59(41-51)76-9)78-52-30-24-19-17-15-13-11-12-14-16-18-20-25-31-52/h21-23,28-29,39,44,46-48,50-54,56-59,61-62,70,74H,11-20,24-27,30-38,40-43H2,1-10H3/b23-21+,28-22+,45-29+,49-39+/t44-,46-,47-,48-,50-,51+,53+,54+,56-,57+,58+,59-,61-,62+,66-/m1/s1. The van der Waals surface area contributed by atoms with Gasteiger partial charge in [-0.1, -0.05) is 148 Å². The lowest BCUT2D eigenvalue weighted by Crippen LogP contribution is -2.61. The molecule has 1 amide bonds. The van der Waals surface area contributed by atoms with Crippen LogP contribution in [0.25, 0.3) is 0 Å². The number of ketones is 3. The molecule has 5 aliphatic rings.